The first-order valence-electron chi connectivity index (χ1n) is 10.1. The lowest BCUT2D eigenvalue weighted by Gasteiger charge is -2.24. The zero-order valence-electron chi connectivity index (χ0n) is 17.6. The quantitative estimate of drug-likeness (QED) is 0.644. The molecule has 32 heavy (non-hydrogen) atoms. The van der Waals surface area contributed by atoms with Crippen LogP contribution in [-0.4, -0.2) is 31.1 Å². The molecule has 2 aromatic carbocycles. The summed E-state index contributed by atoms with van der Waals surface area (Å²) in [7, 11) is -4.30. The predicted molar refractivity (Wildman–Crippen MR) is 111 cm³/mol. The number of benzene rings is 2. The second-order valence-electron chi connectivity index (χ2n) is 7.60. The summed E-state index contributed by atoms with van der Waals surface area (Å²) >= 11 is 0. The molecule has 1 unspecified atom stereocenters. The third kappa shape index (κ3) is 4.50. The van der Waals surface area contributed by atoms with E-state index in [1.165, 1.54) is 0 Å². The first kappa shape index (κ1) is 23.8. The maximum atomic E-state index is 13.3. The summed E-state index contributed by atoms with van der Waals surface area (Å²) < 4.78 is 65.8. The number of carbonyl (C=O) groups excluding carboxylic acids is 2. The lowest BCUT2D eigenvalue weighted by Crippen LogP contribution is -2.37. The van der Waals surface area contributed by atoms with E-state index < -0.39 is 39.6 Å². The molecular weight excluding hydrogens is 445 g/mol. The Bertz CT molecular complexity index is 1130. The fourth-order valence-electron chi connectivity index (χ4n) is 3.71. The normalized spacial score (nSPS) is 17.2. The van der Waals surface area contributed by atoms with Gasteiger partial charge >= 0.3 is 6.18 Å². The molecule has 6 nitrogen and oxygen atoms in total. The fraction of sp³-hybridized carbons (Fsp3) is 0.364. The Balaban J connectivity index is 2.00. The first-order chi connectivity index (χ1) is 15.0. The molecule has 3 rings (SSSR count). The molecule has 0 saturated carbocycles. The van der Waals surface area contributed by atoms with E-state index >= 15 is 0 Å². The highest BCUT2D eigenvalue weighted by molar-refractivity contribution is 7.90. The number of carbonyl (C=O) groups is 2. The molecule has 0 bridgehead atoms. The topological polar surface area (TPSA) is 83.6 Å². The SMILES string of the molecule is CCCCNC(=O)CC1c2cccc(C)c2S(=O)(=O)N1C(=O)c1ccc(C(F)(F)F)cc1. The van der Waals surface area contributed by atoms with Crippen LogP contribution in [0.5, 0.6) is 0 Å². The third-order valence-electron chi connectivity index (χ3n) is 5.29. The summed E-state index contributed by atoms with van der Waals surface area (Å²) in [5.41, 5.74) is -0.440. The Morgan fingerprint density at radius 1 is 1.09 bits per heavy atom. The molecule has 1 atom stereocenters. The number of halogens is 3. The summed E-state index contributed by atoms with van der Waals surface area (Å²) in [6, 6.07) is 7.00. The van der Waals surface area contributed by atoms with Crippen LogP contribution >= 0.6 is 0 Å². The van der Waals surface area contributed by atoms with E-state index in [2.05, 4.69) is 5.32 Å². The van der Waals surface area contributed by atoms with Gasteiger partial charge in [0.1, 0.15) is 0 Å². The highest BCUT2D eigenvalue weighted by Gasteiger charge is 2.47. The molecule has 10 heteroatoms. The highest BCUT2D eigenvalue weighted by Crippen LogP contribution is 2.44. The fourth-order valence-corrected chi connectivity index (χ4v) is 5.73. The van der Waals surface area contributed by atoms with Gasteiger partial charge in [0.05, 0.1) is 22.9 Å². The number of sulfonamides is 1. The molecule has 1 N–H and O–H groups in total. The van der Waals surface area contributed by atoms with Gasteiger partial charge < -0.3 is 5.32 Å². The van der Waals surface area contributed by atoms with Crippen LogP contribution in [0.25, 0.3) is 0 Å². The Hall–Kier alpha value is -2.88. The summed E-state index contributed by atoms with van der Waals surface area (Å²) in [5, 5.41) is 2.71. The van der Waals surface area contributed by atoms with Gasteiger partial charge in [-0.1, -0.05) is 31.5 Å². The van der Waals surface area contributed by atoms with Crippen LogP contribution in [0, 0.1) is 6.92 Å². The van der Waals surface area contributed by atoms with Gasteiger partial charge in [0.2, 0.25) is 5.91 Å². The number of aryl methyl sites for hydroxylation is 1. The number of alkyl halides is 3. The van der Waals surface area contributed by atoms with Crippen molar-refractivity contribution in [3.8, 4) is 0 Å². The van der Waals surface area contributed by atoms with Crippen LogP contribution in [0.2, 0.25) is 0 Å². The minimum absolute atomic E-state index is 0.0494. The second kappa shape index (κ2) is 8.93. The van der Waals surface area contributed by atoms with Gasteiger partial charge in [-0.05, 0) is 48.7 Å². The molecule has 0 aliphatic carbocycles. The number of hydrogen-bond acceptors (Lipinski definition) is 4. The van der Waals surface area contributed by atoms with Crippen molar-refractivity contribution in [2.45, 2.75) is 50.2 Å². The van der Waals surface area contributed by atoms with Crippen molar-refractivity contribution in [2.24, 2.45) is 0 Å². The average molecular weight is 468 g/mol. The van der Waals surface area contributed by atoms with Crippen LogP contribution in [0.4, 0.5) is 13.2 Å². The maximum absolute atomic E-state index is 13.3. The van der Waals surface area contributed by atoms with E-state index in [1.54, 1.807) is 25.1 Å². The average Bonchev–Trinajstić information content (AvgIpc) is 2.94. The van der Waals surface area contributed by atoms with Crippen LogP contribution in [0.1, 0.15) is 59.3 Å². The summed E-state index contributed by atoms with van der Waals surface area (Å²) in [6.07, 6.45) is -3.27. The molecule has 1 heterocycles. The highest BCUT2D eigenvalue weighted by atomic mass is 32.2. The first-order valence-corrected chi connectivity index (χ1v) is 11.5. The van der Waals surface area contributed by atoms with Crippen LogP contribution in [0.15, 0.2) is 47.4 Å². The molecule has 172 valence electrons. The molecular formula is C22H23F3N2O4S. The number of unbranched alkanes of at least 4 members (excludes halogenated alkanes) is 1. The Morgan fingerprint density at radius 3 is 2.34 bits per heavy atom. The largest absolute Gasteiger partial charge is 0.416 e. The van der Waals surface area contributed by atoms with E-state index in [0.29, 0.717) is 22.0 Å². The van der Waals surface area contributed by atoms with Crippen molar-refractivity contribution in [3.63, 3.8) is 0 Å². The van der Waals surface area contributed by atoms with Crippen molar-refractivity contribution in [1.82, 2.24) is 9.62 Å². The monoisotopic (exact) mass is 468 g/mol. The van der Waals surface area contributed by atoms with E-state index in [9.17, 15) is 31.2 Å². The molecule has 2 aromatic rings. The van der Waals surface area contributed by atoms with E-state index in [1.807, 2.05) is 6.92 Å². The lowest BCUT2D eigenvalue weighted by molar-refractivity contribution is -0.137. The van der Waals surface area contributed by atoms with Gasteiger partial charge in [0.15, 0.2) is 0 Å². The minimum atomic E-state index is -4.59. The Morgan fingerprint density at radius 2 is 1.75 bits per heavy atom. The van der Waals surface area contributed by atoms with Gasteiger partial charge in [0.25, 0.3) is 15.9 Å². The van der Waals surface area contributed by atoms with Crippen molar-refractivity contribution in [1.29, 1.82) is 0 Å². The number of hydrogen-bond donors (Lipinski definition) is 1. The van der Waals surface area contributed by atoms with E-state index in [-0.39, 0.29) is 16.9 Å². The summed E-state index contributed by atoms with van der Waals surface area (Å²) in [4.78, 5) is 25.6. The van der Waals surface area contributed by atoms with Crippen LogP contribution < -0.4 is 5.32 Å². The van der Waals surface area contributed by atoms with Gasteiger partial charge in [0, 0.05) is 12.1 Å². The standard InChI is InChI=1S/C22H23F3N2O4S/c1-3-4-12-26-19(28)13-18-17-7-5-6-14(2)20(17)32(30,31)27(18)21(29)15-8-10-16(11-9-15)22(23,24)25/h5-11,18H,3-4,12-13H2,1-2H3,(H,26,28). The summed E-state index contributed by atoms with van der Waals surface area (Å²) in [5.74, 6) is -1.40. The lowest BCUT2D eigenvalue weighted by atomic mass is 10.0. The van der Waals surface area contributed by atoms with Gasteiger partial charge in [-0.25, -0.2) is 12.7 Å². The number of fused-ring (bicyclic) bond motifs is 1. The molecule has 2 amide bonds. The van der Waals surface area contributed by atoms with Crippen molar-refractivity contribution in [2.75, 3.05) is 6.54 Å². The van der Waals surface area contributed by atoms with Crippen LogP contribution in [0.3, 0.4) is 0 Å². The molecule has 0 spiro atoms. The Kier molecular flexibility index (Phi) is 6.64. The smallest absolute Gasteiger partial charge is 0.356 e. The predicted octanol–water partition coefficient (Wildman–Crippen LogP) is 4.21. The summed E-state index contributed by atoms with van der Waals surface area (Å²) in [6.45, 7) is 3.96. The maximum Gasteiger partial charge on any atom is 0.416 e. The van der Waals surface area contributed by atoms with Gasteiger partial charge in [-0.2, -0.15) is 13.2 Å². The third-order valence-corrected chi connectivity index (χ3v) is 7.30. The number of nitrogens with zero attached hydrogens (tertiary/aromatic N) is 1. The molecule has 0 fully saturated rings. The zero-order chi connectivity index (χ0) is 23.7. The number of nitrogens with one attached hydrogen (secondary N) is 1. The second-order valence-corrected chi connectivity index (χ2v) is 9.35. The van der Waals surface area contributed by atoms with E-state index in [4.69, 9.17) is 0 Å². The molecule has 1 aliphatic rings. The number of rotatable bonds is 6. The minimum Gasteiger partial charge on any atom is -0.356 e. The van der Waals surface area contributed by atoms with Crippen molar-refractivity contribution >= 4 is 21.8 Å². The molecule has 0 aromatic heterocycles. The molecule has 0 radical (unpaired) electrons. The Labute approximate surface area is 184 Å². The zero-order valence-corrected chi connectivity index (χ0v) is 18.4. The van der Waals surface area contributed by atoms with Crippen molar-refractivity contribution in [3.05, 3.63) is 64.7 Å². The molecule has 0 saturated heterocycles. The van der Waals surface area contributed by atoms with E-state index in [0.717, 1.165) is 37.1 Å². The van der Waals surface area contributed by atoms with Crippen molar-refractivity contribution < 1.29 is 31.2 Å². The molecule has 1 aliphatic heterocycles. The van der Waals surface area contributed by atoms with Gasteiger partial charge in [-0.3, -0.25) is 9.59 Å². The van der Waals surface area contributed by atoms with Gasteiger partial charge in [-0.15, -0.1) is 0 Å². The van der Waals surface area contributed by atoms with Crippen LogP contribution in [-0.2, 0) is 21.0 Å². The number of amides is 2.